The number of unbranched alkanes of at least 4 members (excludes halogenated alkanes) is 2. The molecule has 3 heteroatoms. The van der Waals surface area contributed by atoms with Crippen molar-refractivity contribution in [3.8, 4) is 6.07 Å². The fourth-order valence-electron chi connectivity index (χ4n) is 2.50. The van der Waals surface area contributed by atoms with E-state index in [9.17, 15) is 0 Å². The number of nitrogens with two attached hydrogens (primary N) is 1. The largest absolute Gasteiger partial charge is 0.347 e. The maximum absolute atomic E-state index is 8.55. The number of hydrogen-bond donors (Lipinski definition) is 1. The first-order valence-corrected chi connectivity index (χ1v) is 7.45. The van der Waals surface area contributed by atoms with Crippen LogP contribution < -0.4 is 5.73 Å². The molecular weight excluding hydrogens is 246 g/mol. The van der Waals surface area contributed by atoms with E-state index in [-0.39, 0.29) is 6.04 Å². The van der Waals surface area contributed by atoms with E-state index < -0.39 is 0 Å². The van der Waals surface area contributed by atoms with Crippen molar-refractivity contribution in [3.63, 3.8) is 0 Å². The number of nitriles is 1. The zero-order valence-corrected chi connectivity index (χ0v) is 12.2. The lowest BCUT2D eigenvalue weighted by Gasteiger charge is -2.09. The Morgan fingerprint density at radius 2 is 2.15 bits per heavy atom. The van der Waals surface area contributed by atoms with Crippen molar-refractivity contribution in [3.05, 3.63) is 36.0 Å². The third-order valence-electron chi connectivity index (χ3n) is 3.80. The molecule has 0 aliphatic carbocycles. The van der Waals surface area contributed by atoms with E-state index in [0.29, 0.717) is 6.42 Å². The van der Waals surface area contributed by atoms with Crippen LogP contribution in [0.25, 0.3) is 10.9 Å². The lowest BCUT2D eigenvalue weighted by atomic mass is 10.0. The minimum atomic E-state index is 0.250. The third-order valence-corrected chi connectivity index (χ3v) is 3.80. The molecule has 2 aromatic rings. The van der Waals surface area contributed by atoms with Gasteiger partial charge in [-0.25, -0.2) is 0 Å². The summed E-state index contributed by atoms with van der Waals surface area (Å²) in [6, 6.07) is 11.2. The van der Waals surface area contributed by atoms with Crippen LogP contribution in [0.1, 0.15) is 38.2 Å². The van der Waals surface area contributed by atoms with Crippen LogP contribution in [0, 0.1) is 11.3 Å². The van der Waals surface area contributed by atoms with Gasteiger partial charge in [-0.3, -0.25) is 0 Å². The zero-order chi connectivity index (χ0) is 14.4. The number of rotatable bonds is 7. The lowest BCUT2D eigenvalue weighted by Crippen LogP contribution is -2.21. The van der Waals surface area contributed by atoms with Crippen molar-refractivity contribution < 1.29 is 0 Å². The second-order valence-electron chi connectivity index (χ2n) is 5.39. The molecule has 0 aliphatic rings. The number of benzene rings is 1. The highest BCUT2D eigenvalue weighted by Gasteiger charge is 2.05. The Balaban J connectivity index is 2.06. The average molecular weight is 269 g/mol. The van der Waals surface area contributed by atoms with Crippen molar-refractivity contribution in [1.82, 2.24) is 4.57 Å². The summed E-state index contributed by atoms with van der Waals surface area (Å²) in [7, 11) is 0. The van der Waals surface area contributed by atoms with Gasteiger partial charge in [0.1, 0.15) is 0 Å². The minimum absolute atomic E-state index is 0.250. The highest BCUT2D eigenvalue weighted by molar-refractivity contribution is 5.80. The molecule has 0 bridgehead atoms. The monoisotopic (exact) mass is 269 g/mol. The van der Waals surface area contributed by atoms with Crippen LogP contribution in [0.2, 0.25) is 0 Å². The van der Waals surface area contributed by atoms with Crippen LogP contribution in [-0.4, -0.2) is 10.6 Å². The van der Waals surface area contributed by atoms with E-state index in [1.807, 2.05) is 0 Å². The van der Waals surface area contributed by atoms with Crippen LogP contribution in [0.5, 0.6) is 0 Å². The molecule has 20 heavy (non-hydrogen) atoms. The molecule has 2 rings (SSSR count). The smallest absolute Gasteiger partial charge is 0.0621 e. The SMILES string of the molecule is CCC(N)Cc1ccc2c(ccn2CCCCC#N)c1. The molecular formula is C17H23N3. The van der Waals surface area contributed by atoms with Crippen LogP contribution in [0.4, 0.5) is 0 Å². The summed E-state index contributed by atoms with van der Waals surface area (Å²) >= 11 is 0. The van der Waals surface area contributed by atoms with Crippen LogP contribution in [0.15, 0.2) is 30.5 Å². The highest BCUT2D eigenvalue weighted by Crippen LogP contribution is 2.19. The van der Waals surface area contributed by atoms with Gasteiger partial charge in [0.2, 0.25) is 0 Å². The normalized spacial score (nSPS) is 12.4. The number of hydrogen-bond acceptors (Lipinski definition) is 2. The van der Waals surface area contributed by atoms with Crippen molar-refractivity contribution in [2.75, 3.05) is 0 Å². The molecule has 1 aromatic carbocycles. The second kappa shape index (κ2) is 7.12. The van der Waals surface area contributed by atoms with Crippen molar-refractivity contribution >= 4 is 10.9 Å². The molecule has 1 aromatic heterocycles. The molecule has 0 fully saturated rings. The lowest BCUT2D eigenvalue weighted by molar-refractivity contribution is 0.632. The van der Waals surface area contributed by atoms with E-state index in [1.54, 1.807) is 0 Å². The quantitative estimate of drug-likeness (QED) is 0.781. The first-order valence-electron chi connectivity index (χ1n) is 7.45. The van der Waals surface area contributed by atoms with Gasteiger partial charge < -0.3 is 10.3 Å². The van der Waals surface area contributed by atoms with Gasteiger partial charge in [-0.2, -0.15) is 5.26 Å². The summed E-state index contributed by atoms with van der Waals surface area (Å²) in [6.07, 6.45) is 6.77. The van der Waals surface area contributed by atoms with Gasteiger partial charge in [-0.1, -0.05) is 13.0 Å². The molecule has 106 valence electrons. The molecule has 1 unspecified atom stereocenters. The summed E-state index contributed by atoms with van der Waals surface area (Å²) in [5.41, 5.74) is 8.60. The zero-order valence-electron chi connectivity index (χ0n) is 12.2. The highest BCUT2D eigenvalue weighted by atomic mass is 14.9. The fourth-order valence-corrected chi connectivity index (χ4v) is 2.50. The summed E-state index contributed by atoms with van der Waals surface area (Å²) in [6.45, 7) is 3.11. The number of aromatic nitrogens is 1. The van der Waals surface area contributed by atoms with Gasteiger partial charge >= 0.3 is 0 Å². The molecule has 1 heterocycles. The Morgan fingerprint density at radius 1 is 1.30 bits per heavy atom. The minimum Gasteiger partial charge on any atom is -0.347 e. The van der Waals surface area contributed by atoms with Crippen LogP contribution in [-0.2, 0) is 13.0 Å². The van der Waals surface area contributed by atoms with E-state index in [1.165, 1.54) is 16.5 Å². The summed E-state index contributed by atoms with van der Waals surface area (Å²) in [5, 5.41) is 9.83. The maximum atomic E-state index is 8.55. The summed E-state index contributed by atoms with van der Waals surface area (Å²) < 4.78 is 2.27. The molecule has 2 N–H and O–H groups in total. The van der Waals surface area contributed by atoms with Gasteiger partial charge in [0.25, 0.3) is 0 Å². The van der Waals surface area contributed by atoms with Gasteiger partial charge in [-0.15, -0.1) is 0 Å². The van der Waals surface area contributed by atoms with Crippen molar-refractivity contribution in [1.29, 1.82) is 5.26 Å². The van der Waals surface area contributed by atoms with Gasteiger partial charge in [0, 0.05) is 30.7 Å². The van der Waals surface area contributed by atoms with E-state index >= 15 is 0 Å². The van der Waals surface area contributed by atoms with Gasteiger partial charge in [-0.05, 0) is 54.8 Å². The number of aryl methyl sites for hydroxylation is 1. The maximum Gasteiger partial charge on any atom is 0.0621 e. The Labute approximate surface area is 121 Å². The van der Waals surface area contributed by atoms with E-state index in [4.69, 9.17) is 11.0 Å². The first-order chi connectivity index (χ1) is 9.74. The predicted octanol–water partition coefficient (Wildman–Crippen LogP) is 3.61. The Hall–Kier alpha value is -1.79. The topological polar surface area (TPSA) is 54.7 Å². The van der Waals surface area contributed by atoms with Crippen molar-refractivity contribution in [2.24, 2.45) is 5.73 Å². The van der Waals surface area contributed by atoms with Crippen LogP contribution in [0.3, 0.4) is 0 Å². The Bertz CT molecular complexity index is 592. The molecule has 0 amide bonds. The van der Waals surface area contributed by atoms with E-state index in [0.717, 1.165) is 32.2 Å². The van der Waals surface area contributed by atoms with Gasteiger partial charge in [0.05, 0.1) is 6.07 Å². The molecule has 0 saturated heterocycles. The van der Waals surface area contributed by atoms with E-state index in [2.05, 4.69) is 48.0 Å². The van der Waals surface area contributed by atoms with Gasteiger partial charge in [0.15, 0.2) is 0 Å². The molecule has 1 atom stereocenters. The Kier molecular flexibility index (Phi) is 5.20. The van der Waals surface area contributed by atoms with Crippen LogP contribution >= 0.6 is 0 Å². The number of fused-ring (bicyclic) bond motifs is 1. The Morgan fingerprint density at radius 3 is 2.90 bits per heavy atom. The summed E-state index contributed by atoms with van der Waals surface area (Å²) in [5.74, 6) is 0. The third kappa shape index (κ3) is 3.61. The molecule has 0 saturated carbocycles. The molecule has 3 nitrogen and oxygen atoms in total. The molecule has 0 radical (unpaired) electrons. The van der Waals surface area contributed by atoms with Crippen molar-refractivity contribution in [2.45, 2.75) is 51.6 Å². The fraction of sp³-hybridized carbons (Fsp3) is 0.471. The standard InChI is InChI=1S/C17H23N3/c1-2-16(19)13-14-6-7-17-15(12-14)8-11-20(17)10-5-3-4-9-18/h6-8,11-12,16H,2-5,10,13,19H2,1H3. The molecule has 0 aliphatic heterocycles. The first kappa shape index (κ1) is 14.6. The number of nitrogens with zero attached hydrogens (tertiary/aromatic N) is 2. The average Bonchev–Trinajstić information content (AvgIpc) is 2.86. The second-order valence-corrected chi connectivity index (χ2v) is 5.39. The molecule has 0 spiro atoms. The predicted molar refractivity (Wildman–Crippen MR) is 83.4 cm³/mol. The summed E-state index contributed by atoms with van der Waals surface area (Å²) in [4.78, 5) is 0.